The summed E-state index contributed by atoms with van der Waals surface area (Å²) in [6.07, 6.45) is 0. The number of nitrogen functional groups attached to an aromatic ring is 1. The molecule has 17 heavy (non-hydrogen) atoms. The Bertz CT molecular complexity index is 686. The summed E-state index contributed by atoms with van der Waals surface area (Å²) in [5.41, 5.74) is 9.58. The van der Waals surface area contributed by atoms with Crippen molar-refractivity contribution in [2.45, 2.75) is 6.92 Å². The monoisotopic (exact) mass is 224 g/mol. The summed E-state index contributed by atoms with van der Waals surface area (Å²) in [4.78, 5) is 0. The molecule has 84 valence electrons. The van der Waals surface area contributed by atoms with Gasteiger partial charge in [-0.15, -0.1) is 0 Å². The Morgan fingerprint density at radius 2 is 1.94 bits per heavy atom. The number of nitrogens with zero attached hydrogens (tertiary/aromatic N) is 1. The summed E-state index contributed by atoms with van der Waals surface area (Å²) >= 11 is 0. The molecule has 3 rings (SSSR count). The zero-order valence-corrected chi connectivity index (χ0v) is 9.47. The minimum Gasteiger partial charge on any atom is -0.398 e. The minimum atomic E-state index is 0.701. The molecular formula is C14H12N2O. The van der Waals surface area contributed by atoms with Crippen molar-refractivity contribution in [2.75, 3.05) is 5.73 Å². The smallest absolute Gasteiger partial charge is 0.176 e. The van der Waals surface area contributed by atoms with Crippen molar-refractivity contribution >= 4 is 16.6 Å². The fourth-order valence-corrected chi connectivity index (χ4v) is 1.95. The molecule has 2 aromatic carbocycles. The van der Waals surface area contributed by atoms with Gasteiger partial charge in [-0.3, -0.25) is 0 Å². The standard InChI is InChI=1S/C14H12N2O/c1-9-6-7-13-11(8-9)14(17-16-13)10-4-2-3-5-12(10)15/h2-8H,15H2,1H3. The Balaban J connectivity index is 2.31. The Labute approximate surface area is 98.8 Å². The van der Waals surface area contributed by atoms with Crippen LogP contribution >= 0.6 is 0 Å². The third-order valence-electron chi connectivity index (χ3n) is 2.84. The lowest BCUT2D eigenvalue weighted by atomic mass is 10.1. The van der Waals surface area contributed by atoms with Crippen LogP contribution in [-0.2, 0) is 0 Å². The number of benzene rings is 2. The van der Waals surface area contributed by atoms with Gasteiger partial charge >= 0.3 is 0 Å². The van der Waals surface area contributed by atoms with Crippen LogP contribution in [0.5, 0.6) is 0 Å². The van der Waals surface area contributed by atoms with E-state index in [1.807, 2.05) is 43.3 Å². The number of rotatable bonds is 1. The van der Waals surface area contributed by atoms with Crippen molar-refractivity contribution in [3.8, 4) is 11.3 Å². The highest BCUT2D eigenvalue weighted by molar-refractivity contribution is 5.94. The molecule has 0 spiro atoms. The maximum atomic E-state index is 5.95. The molecule has 3 heteroatoms. The molecule has 1 aromatic heterocycles. The van der Waals surface area contributed by atoms with E-state index >= 15 is 0 Å². The van der Waals surface area contributed by atoms with Gasteiger partial charge < -0.3 is 10.3 Å². The number of nitrogens with two attached hydrogens (primary N) is 1. The second kappa shape index (κ2) is 3.63. The molecule has 0 aliphatic heterocycles. The lowest BCUT2D eigenvalue weighted by Gasteiger charge is -2.01. The molecule has 0 atom stereocenters. The largest absolute Gasteiger partial charge is 0.398 e. The summed E-state index contributed by atoms with van der Waals surface area (Å²) in [5, 5.41) is 5.05. The Morgan fingerprint density at radius 3 is 2.76 bits per heavy atom. The zero-order valence-electron chi connectivity index (χ0n) is 9.47. The van der Waals surface area contributed by atoms with Gasteiger partial charge in [-0.1, -0.05) is 28.9 Å². The number of hydrogen-bond acceptors (Lipinski definition) is 3. The predicted octanol–water partition coefficient (Wildman–Crippen LogP) is 3.39. The molecule has 3 aromatic rings. The number of aromatic nitrogens is 1. The number of aryl methyl sites for hydroxylation is 1. The minimum absolute atomic E-state index is 0.701. The van der Waals surface area contributed by atoms with Gasteiger partial charge in [-0.05, 0) is 31.2 Å². The normalized spacial score (nSPS) is 10.9. The average Bonchev–Trinajstić information content (AvgIpc) is 2.72. The van der Waals surface area contributed by atoms with Gasteiger partial charge in [0.2, 0.25) is 0 Å². The first-order valence-corrected chi connectivity index (χ1v) is 5.46. The molecule has 0 radical (unpaired) electrons. The van der Waals surface area contributed by atoms with E-state index in [0.29, 0.717) is 5.69 Å². The quantitative estimate of drug-likeness (QED) is 0.644. The van der Waals surface area contributed by atoms with Crippen molar-refractivity contribution in [1.82, 2.24) is 5.16 Å². The molecule has 0 saturated carbocycles. The number of fused-ring (bicyclic) bond motifs is 1. The van der Waals surface area contributed by atoms with Gasteiger partial charge in [0.25, 0.3) is 0 Å². The fourth-order valence-electron chi connectivity index (χ4n) is 1.95. The van der Waals surface area contributed by atoms with Gasteiger partial charge in [0, 0.05) is 11.3 Å². The second-order valence-electron chi connectivity index (χ2n) is 4.12. The molecule has 0 amide bonds. The van der Waals surface area contributed by atoms with Crippen LogP contribution in [0.2, 0.25) is 0 Å². The molecule has 3 nitrogen and oxygen atoms in total. The summed E-state index contributed by atoms with van der Waals surface area (Å²) < 4.78 is 5.41. The Hall–Kier alpha value is -2.29. The van der Waals surface area contributed by atoms with E-state index in [-0.39, 0.29) is 0 Å². The number of hydrogen-bond donors (Lipinski definition) is 1. The zero-order chi connectivity index (χ0) is 11.8. The first-order valence-electron chi connectivity index (χ1n) is 5.46. The van der Waals surface area contributed by atoms with Crippen LogP contribution in [0.1, 0.15) is 5.56 Å². The first-order chi connectivity index (χ1) is 8.25. The highest BCUT2D eigenvalue weighted by Crippen LogP contribution is 2.32. The number of anilines is 1. The average molecular weight is 224 g/mol. The SMILES string of the molecule is Cc1ccc2noc(-c3ccccc3N)c2c1. The van der Waals surface area contributed by atoms with Crippen LogP contribution in [0.25, 0.3) is 22.2 Å². The van der Waals surface area contributed by atoms with E-state index < -0.39 is 0 Å². The summed E-state index contributed by atoms with van der Waals surface area (Å²) in [6, 6.07) is 13.7. The molecule has 2 N–H and O–H groups in total. The molecule has 0 aliphatic rings. The maximum Gasteiger partial charge on any atom is 0.176 e. The highest BCUT2D eigenvalue weighted by Gasteiger charge is 2.12. The summed E-state index contributed by atoms with van der Waals surface area (Å²) in [7, 11) is 0. The van der Waals surface area contributed by atoms with E-state index in [1.54, 1.807) is 0 Å². The maximum absolute atomic E-state index is 5.95. The second-order valence-corrected chi connectivity index (χ2v) is 4.12. The van der Waals surface area contributed by atoms with Crippen molar-refractivity contribution < 1.29 is 4.52 Å². The lowest BCUT2D eigenvalue weighted by molar-refractivity contribution is 0.441. The van der Waals surface area contributed by atoms with E-state index in [4.69, 9.17) is 10.3 Å². The third-order valence-corrected chi connectivity index (χ3v) is 2.84. The number of para-hydroxylation sites is 1. The van der Waals surface area contributed by atoms with E-state index in [1.165, 1.54) is 5.56 Å². The molecule has 0 bridgehead atoms. The van der Waals surface area contributed by atoms with Crippen LogP contribution in [0.15, 0.2) is 47.0 Å². The molecule has 0 unspecified atom stereocenters. The predicted molar refractivity (Wildman–Crippen MR) is 68.6 cm³/mol. The Kier molecular flexibility index (Phi) is 2.11. The summed E-state index contributed by atoms with van der Waals surface area (Å²) in [6.45, 7) is 2.05. The van der Waals surface area contributed by atoms with Gasteiger partial charge in [-0.25, -0.2) is 0 Å². The van der Waals surface area contributed by atoms with Gasteiger partial charge in [0.15, 0.2) is 5.76 Å². The first kappa shape index (κ1) is 9.90. The van der Waals surface area contributed by atoms with Gasteiger partial charge in [0.05, 0.1) is 5.39 Å². The highest BCUT2D eigenvalue weighted by atomic mass is 16.5. The van der Waals surface area contributed by atoms with Crippen LogP contribution in [0.3, 0.4) is 0 Å². The third kappa shape index (κ3) is 1.56. The van der Waals surface area contributed by atoms with Crippen LogP contribution in [-0.4, -0.2) is 5.16 Å². The lowest BCUT2D eigenvalue weighted by Crippen LogP contribution is -1.88. The molecule has 0 fully saturated rings. The molecule has 0 aliphatic carbocycles. The Morgan fingerprint density at radius 1 is 1.12 bits per heavy atom. The molecular weight excluding hydrogens is 212 g/mol. The van der Waals surface area contributed by atoms with Crippen molar-refractivity contribution in [2.24, 2.45) is 0 Å². The molecule has 0 saturated heterocycles. The van der Waals surface area contributed by atoms with Crippen LogP contribution in [0.4, 0.5) is 5.69 Å². The van der Waals surface area contributed by atoms with Crippen molar-refractivity contribution in [3.05, 3.63) is 48.0 Å². The summed E-state index contributed by atoms with van der Waals surface area (Å²) in [5.74, 6) is 0.738. The van der Waals surface area contributed by atoms with E-state index in [9.17, 15) is 0 Å². The fraction of sp³-hybridized carbons (Fsp3) is 0.0714. The van der Waals surface area contributed by atoms with Crippen molar-refractivity contribution in [3.63, 3.8) is 0 Å². The van der Waals surface area contributed by atoms with Gasteiger partial charge in [-0.2, -0.15) is 0 Å². The van der Waals surface area contributed by atoms with Crippen molar-refractivity contribution in [1.29, 1.82) is 0 Å². The van der Waals surface area contributed by atoms with Gasteiger partial charge in [0.1, 0.15) is 5.52 Å². The van der Waals surface area contributed by atoms with Crippen LogP contribution in [0, 0.1) is 6.92 Å². The topological polar surface area (TPSA) is 52.0 Å². The van der Waals surface area contributed by atoms with E-state index in [2.05, 4.69) is 11.2 Å². The van der Waals surface area contributed by atoms with Crippen LogP contribution < -0.4 is 5.73 Å². The molecule has 1 heterocycles. The van der Waals surface area contributed by atoms with E-state index in [0.717, 1.165) is 22.2 Å².